The summed E-state index contributed by atoms with van der Waals surface area (Å²) in [6.07, 6.45) is 7.88. The van der Waals surface area contributed by atoms with Crippen molar-refractivity contribution < 1.29 is 0 Å². The molecule has 0 radical (unpaired) electrons. The van der Waals surface area contributed by atoms with E-state index in [1.807, 2.05) is 7.05 Å². The van der Waals surface area contributed by atoms with Gasteiger partial charge in [-0.3, -0.25) is 0 Å². The quantitative estimate of drug-likeness (QED) is 0.344. The van der Waals surface area contributed by atoms with Gasteiger partial charge in [-0.15, -0.1) is 0 Å². The zero-order valence-corrected chi connectivity index (χ0v) is 19.1. The molecule has 0 bridgehead atoms. The Bertz CT molecular complexity index is 1310. The third-order valence-corrected chi connectivity index (χ3v) is 6.36. The van der Waals surface area contributed by atoms with Crippen molar-refractivity contribution in [3.8, 4) is 0 Å². The van der Waals surface area contributed by atoms with E-state index in [1.54, 1.807) is 0 Å². The van der Waals surface area contributed by atoms with Gasteiger partial charge in [0.05, 0.1) is 6.04 Å². The van der Waals surface area contributed by atoms with E-state index in [-0.39, 0.29) is 0 Å². The van der Waals surface area contributed by atoms with Crippen molar-refractivity contribution in [1.29, 1.82) is 0 Å². The highest BCUT2D eigenvalue weighted by molar-refractivity contribution is 5.88. The maximum atomic E-state index is 3.23. The zero-order valence-electron chi connectivity index (χ0n) is 19.1. The lowest BCUT2D eigenvalue weighted by atomic mass is 10.0. The molecule has 0 saturated heterocycles. The zero-order chi connectivity index (χ0) is 22.6. The summed E-state index contributed by atoms with van der Waals surface area (Å²) in [5.74, 6) is 0. The topological polar surface area (TPSA) is 18.5 Å². The van der Waals surface area contributed by atoms with E-state index in [0.717, 1.165) is 17.8 Å². The van der Waals surface area contributed by atoms with Crippen molar-refractivity contribution in [3.05, 3.63) is 121 Å². The second kappa shape index (κ2) is 9.25. The molecule has 3 heteroatoms. The molecule has 0 saturated carbocycles. The maximum absolute atomic E-state index is 3.23. The van der Waals surface area contributed by atoms with Crippen molar-refractivity contribution in [2.24, 2.45) is 0 Å². The first-order valence-corrected chi connectivity index (χ1v) is 11.5. The Kier molecular flexibility index (Phi) is 5.86. The number of benzene rings is 4. The first kappa shape index (κ1) is 20.9. The molecule has 1 aliphatic rings. The van der Waals surface area contributed by atoms with Gasteiger partial charge in [0.2, 0.25) is 0 Å². The number of hydrogen-bond donors (Lipinski definition) is 1. The largest absolute Gasteiger partial charge is 0.388 e. The van der Waals surface area contributed by atoms with E-state index in [2.05, 4.69) is 137 Å². The summed E-state index contributed by atoms with van der Waals surface area (Å²) in [5.41, 5.74) is 5.87. The van der Waals surface area contributed by atoms with E-state index in [4.69, 9.17) is 0 Å². The molecule has 164 valence electrons. The molecule has 4 aromatic carbocycles. The minimum atomic E-state index is 0.315. The number of hydrogen-bond acceptors (Lipinski definition) is 3. The number of nitrogens with zero attached hydrogens (tertiary/aromatic N) is 2. The van der Waals surface area contributed by atoms with E-state index in [0.29, 0.717) is 6.04 Å². The van der Waals surface area contributed by atoms with E-state index < -0.39 is 0 Å². The Labute approximate surface area is 196 Å². The molecule has 3 nitrogen and oxygen atoms in total. The van der Waals surface area contributed by atoms with Gasteiger partial charge in [-0.05, 0) is 65.7 Å². The Morgan fingerprint density at radius 2 is 1.48 bits per heavy atom. The molecule has 0 heterocycles. The fraction of sp³-hybridized carbons (Fsp3) is 0.133. The van der Waals surface area contributed by atoms with Crippen LogP contribution in [0.3, 0.4) is 0 Å². The van der Waals surface area contributed by atoms with Gasteiger partial charge in [-0.1, -0.05) is 66.7 Å². The van der Waals surface area contributed by atoms with Crippen LogP contribution in [0.1, 0.15) is 6.42 Å². The van der Waals surface area contributed by atoms with Crippen LogP contribution in [0.4, 0.5) is 22.7 Å². The summed E-state index contributed by atoms with van der Waals surface area (Å²) in [6, 6.07) is 34.7. The van der Waals surface area contributed by atoms with Crippen molar-refractivity contribution in [3.63, 3.8) is 0 Å². The summed E-state index contributed by atoms with van der Waals surface area (Å²) >= 11 is 0. The average molecular weight is 432 g/mol. The highest BCUT2D eigenvalue weighted by Crippen LogP contribution is 2.34. The molecule has 0 aliphatic heterocycles. The standard InChI is InChI=1S/C30H29N3/c1-31-25-11-8-14-29(22-25)32(2)26-17-19-28(20-18-26)33(27-12-4-3-5-13-27)30-16-15-23-9-6-7-10-24(23)21-30/h3-17,19-22,26,31H,18H2,1-2H3. The molecule has 0 amide bonds. The Morgan fingerprint density at radius 1 is 0.727 bits per heavy atom. The Balaban J connectivity index is 1.45. The minimum absolute atomic E-state index is 0.315. The van der Waals surface area contributed by atoms with Crippen molar-refractivity contribution in [2.75, 3.05) is 29.2 Å². The second-order valence-electron chi connectivity index (χ2n) is 8.40. The first-order chi connectivity index (χ1) is 16.2. The summed E-state index contributed by atoms with van der Waals surface area (Å²) in [7, 11) is 4.13. The van der Waals surface area contributed by atoms with Crippen molar-refractivity contribution >= 4 is 33.5 Å². The lowest BCUT2D eigenvalue weighted by Crippen LogP contribution is -2.31. The van der Waals surface area contributed by atoms with Crippen LogP contribution in [0.2, 0.25) is 0 Å². The highest BCUT2D eigenvalue weighted by atomic mass is 15.2. The number of anilines is 4. The smallest absolute Gasteiger partial charge is 0.0508 e. The van der Waals surface area contributed by atoms with E-state index in [1.165, 1.54) is 27.8 Å². The Morgan fingerprint density at radius 3 is 2.24 bits per heavy atom. The van der Waals surface area contributed by atoms with Crippen LogP contribution in [-0.4, -0.2) is 20.1 Å². The summed E-state index contributed by atoms with van der Waals surface area (Å²) in [4.78, 5) is 4.69. The number of likely N-dealkylation sites (N-methyl/N-ethyl adjacent to an activating group) is 1. The molecule has 0 aromatic heterocycles. The number of para-hydroxylation sites is 1. The summed E-state index contributed by atoms with van der Waals surface area (Å²) in [6.45, 7) is 0. The Hall–Kier alpha value is -3.98. The molecule has 1 atom stereocenters. The normalized spacial score (nSPS) is 15.2. The third kappa shape index (κ3) is 4.35. The third-order valence-electron chi connectivity index (χ3n) is 6.36. The van der Waals surface area contributed by atoms with Gasteiger partial charge in [-0.2, -0.15) is 0 Å². The highest BCUT2D eigenvalue weighted by Gasteiger charge is 2.19. The molecule has 0 fully saturated rings. The predicted octanol–water partition coefficient (Wildman–Crippen LogP) is 7.37. The van der Waals surface area contributed by atoms with Crippen molar-refractivity contribution in [1.82, 2.24) is 0 Å². The number of nitrogens with one attached hydrogen (secondary N) is 1. The first-order valence-electron chi connectivity index (χ1n) is 11.5. The van der Waals surface area contributed by atoms with Crippen LogP contribution in [0.15, 0.2) is 121 Å². The molecular weight excluding hydrogens is 402 g/mol. The summed E-state index contributed by atoms with van der Waals surface area (Å²) in [5, 5.41) is 5.74. The van der Waals surface area contributed by atoms with Gasteiger partial charge in [0.15, 0.2) is 0 Å². The van der Waals surface area contributed by atoms with Crippen LogP contribution >= 0.6 is 0 Å². The molecule has 4 aromatic rings. The molecule has 0 spiro atoms. The van der Waals surface area contributed by atoms with Crippen LogP contribution in [0.5, 0.6) is 0 Å². The van der Waals surface area contributed by atoms with Gasteiger partial charge in [0.25, 0.3) is 0 Å². The van der Waals surface area contributed by atoms with E-state index >= 15 is 0 Å². The number of allylic oxidation sites excluding steroid dienone is 1. The van der Waals surface area contributed by atoms with Gasteiger partial charge in [-0.25, -0.2) is 0 Å². The van der Waals surface area contributed by atoms with Crippen LogP contribution < -0.4 is 15.1 Å². The lowest BCUT2D eigenvalue weighted by molar-refractivity contribution is 0.747. The second-order valence-corrected chi connectivity index (χ2v) is 8.40. The minimum Gasteiger partial charge on any atom is -0.388 e. The fourth-order valence-electron chi connectivity index (χ4n) is 4.46. The van der Waals surface area contributed by atoms with Crippen LogP contribution in [0.25, 0.3) is 10.8 Å². The van der Waals surface area contributed by atoms with Crippen LogP contribution in [0, 0.1) is 0 Å². The molecule has 33 heavy (non-hydrogen) atoms. The van der Waals surface area contributed by atoms with Crippen molar-refractivity contribution in [2.45, 2.75) is 12.5 Å². The maximum Gasteiger partial charge on any atom is 0.0508 e. The SMILES string of the molecule is CNc1cccc(N(C)C2C=CC(N(c3ccccc3)c3ccc4ccccc4c3)=CC2)c1. The van der Waals surface area contributed by atoms with Gasteiger partial charge in [0, 0.05) is 42.5 Å². The molecule has 5 rings (SSSR count). The van der Waals surface area contributed by atoms with Gasteiger partial charge in [0.1, 0.15) is 0 Å². The predicted molar refractivity (Wildman–Crippen MR) is 143 cm³/mol. The van der Waals surface area contributed by atoms with Crippen LogP contribution in [-0.2, 0) is 0 Å². The number of fused-ring (bicyclic) bond motifs is 1. The average Bonchev–Trinajstić information content (AvgIpc) is 2.89. The molecule has 1 aliphatic carbocycles. The molecular formula is C30H29N3. The number of rotatable bonds is 6. The monoisotopic (exact) mass is 431 g/mol. The fourth-order valence-corrected chi connectivity index (χ4v) is 4.46. The van der Waals surface area contributed by atoms with Gasteiger partial charge < -0.3 is 15.1 Å². The lowest BCUT2D eigenvalue weighted by Gasteiger charge is -2.33. The molecule has 1 N–H and O–H groups in total. The molecule has 1 unspecified atom stereocenters. The summed E-state index contributed by atoms with van der Waals surface area (Å²) < 4.78 is 0. The van der Waals surface area contributed by atoms with E-state index in [9.17, 15) is 0 Å². The van der Waals surface area contributed by atoms with Gasteiger partial charge >= 0.3 is 0 Å².